The highest BCUT2D eigenvalue weighted by molar-refractivity contribution is 6.12. The number of phenolic OH excluding ortho intramolecular Hbond substituents is 1. The fourth-order valence-electron chi connectivity index (χ4n) is 1.72. The van der Waals surface area contributed by atoms with Crippen LogP contribution in [0, 0.1) is 0 Å². The van der Waals surface area contributed by atoms with Crippen LogP contribution < -0.4 is 0 Å². The van der Waals surface area contributed by atoms with E-state index in [1.54, 1.807) is 13.0 Å². The van der Waals surface area contributed by atoms with Crippen LogP contribution in [0.25, 0.3) is 11.0 Å². The molecule has 1 aromatic carbocycles. The minimum absolute atomic E-state index is 0.100. The molecule has 1 unspecified atom stereocenters. The lowest BCUT2D eigenvalue weighted by Gasteiger charge is -2.01. The number of Topliss-reactive ketones (excluding diaryl/α,β-unsaturated/α-hetero) is 1. The molecule has 0 aliphatic carbocycles. The summed E-state index contributed by atoms with van der Waals surface area (Å²) in [6.45, 7) is 2.19. The highest BCUT2D eigenvalue weighted by Crippen LogP contribution is 2.34. The van der Waals surface area contributed by atoms with Crippen LogP contribution in [0.3, 0.4) is 0 Å². The van der Waals surface area contributed by atoms with Gasteiger partial charge in [-0.3, -0.25) is 4.79 Å². The van der Waals surface area contributed by atoms with Gasteiger partial charge >= 0.3 is 0 Å². The van der Waals surface area contributed by atoms with Crippen LogP contribution in [0.4, 0.5) is 0 Å². The van der Waals surface area contributed by atoms with E-state index in [-0.39, 0.29) is 11.5 Å². The topological polar surface area (TPSA) is 63.0 Å². The third kappa shape index (κ3) is 1.23. The van der Waals surface area contributed by atoms with Crippen molar-refractivity contribution in [3.05, 3.63) is 30.0 Å². The lowest BCUT2D eigenvalue weighted by molar-refractivity contribution is 0.0889. The third-order valence-corrected chi connectivity index (χ3v) is 2.86. The highest BCUT2D eigenvalue weighted by atomic mass is 16.6. The maximum atomic E-state index is 12.0. The van der Waals surface area contributed by atoms with Crippen molar-refractivity contribution in [2.75, 3.05) is 6.61 Å². The fraction of sp³-hybridized carbons (Fsp3) is 0.250. The van der Waals surface area contributed by atoms with Crippen molar-refractivity contribution in [2.24, 2.45) is 0 Å². The monoisotopic (exact) mass is 218 g/mol. The van der Waals surface area contributed by atoms with E-state index in [1.165, 1.54) is 18.4 Å². The van der Waals surface area contributed by atoms with E-state index in [4.69, 9.17) is 9.15 Å². The molecular weight excluding hydrogens is 208 g/mol. The fourth-order valence-corrected chi connectivity index (χ4v) is 1.72. The second-order valence-electron chi connectivity index (χ2n) is 4.18. The Balaban J connectivity index is 2.16. The van der Waals surface area contributed by atoms with Gasteiger partial charge in [0.05, 0.1) is 12.2 Å². The first-order valence-corrected chi connectivity index (χ1v) is 4.99. The number of carbonyl (C=O) groups excluding carboxylic acids is 1. The quantitative estimate of drug-likeness (QED) is 0.619. The average Bonchev–Trinajstić information content (AvgIpc) is 2.89. The van der Waals surface area contributed by atoms with E-state index in [2.05, 4.69) is 0 Å². The van der Waals surface area contributed by atoms with Gasteiger partial charge in [0.2, 0.25) is 5.78 Å². The van der Waals surface area contributed by atoms with Crippen molar-refractivity contribution < 1.29 is 19.1 Å². The zero-order valence-electron chi connectivity index (χ0n) is 8.69. The van der Waals surface area contributed by atoms with E-state index >= 15 is 0 Å². The van der Waals surface area contributed by atoms with Crippen molar-refractivity contribution in [2.45, 2.75) is 12.5 Å². The van der Waals surface area contributed by atoms with Gasteiger partial charge in [-0.25, -0.2) is 0 Å². The minimum atomic E-state index is -0.706. The third-order valence-electron chi connectivity index (χ3n) is 2.86. The number of benzene rings is 1. The van der Waals surface area contributed by atoms with Gasteiger partial charge in [0.25, 0.3) is 0 Å². The Kier molecular flexibility index (Phi) is 1.68. The molecule has 16 heavy (non-hydrogen) atoms. The van der Waals surface area contributed by atoms with Crippen LogP contribution in [0.15, 0.2) is 28.9 Å². The smallest absolute Gasteiger partial charge is 0.200 e. The van der Waals surface area contributed by atoms with E-state index < -0.39 is 5.60 Å². The molecule has 1 fully saturated rings. The van der Waals surface area contributed by atoms with Gasteiger partial charge in [0.1, 0.15) is 17.6 Å². The summed E-state index contributed by atoms with van der Waals surface area (Å²) in [7, 11) is 0. The molecule has 4 heteroatoms. The average molecular weight is 218 g/mol. The molecule has 1 saturated heterocycles. The van der Waals surface area contributed by atoms with Gasteiger partial charge in [-0.1, -0.05) is 0 Å². The van der Waals surface area contributed by atoms with Crippen LogP contribution in [0.5, 0.6) is 5.75 Å². The first-order valence-electron chi connectivity index (χ1n) is 4.99. The molecule has 4 nitrogen and oxygen atoms in total. The van der Waals surface area contributed by atoms with Gasteiger partial charge in [0, 0.05) is 5.39 Å². The van der Waals surface area contributed by atoms with E-state index in [9.17, 15) is 9.90 Å². The van der Waals surface area contributed by atoms with Crippen LogP contribution in [0.2, 0.25) is 0 Å². The predicted octanol–water partition coefficient (Wildman–Crippen LogP) is 2.11. The summed E-state index contributed by atoms with van der Waals surface area (Å²) in [5.41, 5.74) is 0.346. The van der Waals surface area contributed by atoms with Crippen molar-refractivity contribution in [3.63, 3.8) is 0 Å². The second kappa shape index (κ2) is 2.86. The molecule has 1 aliphatic heterocycles. The van der Waals surface area contributed by atoms with Gasteiger partial charge in [-0.2, -0.15) is 0 Å². The summed E-state index contributed by atoms with van der Waals surface area (Å²) in [6, 6.07) is 4.69. The summed E-state index contributed by atoms with van der Waals surface area (Å²) in [5.74, 6) is 0.0154. The molecule has 1 aromatic heterocycles. The molecule has 1 aliphatic rings. The Morgan fingerprint density at radius 1 is 1.50 bits per heavy atom. The van der Waals surface area contributed by atoms with Crippen LogP contribution in [-0.2, 0) is 4.74 Å². The van der Waals surface area contributed by atoms with E-state index in [0.29, 0.717) is 23.1 Å². The molecular formula is C12H10O4. The van der Waals surface area contributed by atoms with Gasteiger partial charge in [-0.05, 0) is 25.1 Å². The lowest BCUT2D eigenvalue weighted by Crippen LogP contribution is -2.19. The van der Waals surface area contributed by atoms with Crippen molar-refractivity contribution in [1.29, 1.82) is 0 Å². The molecule has 1 N–H and O–H groups in total. The van der Waals surface area contributed by atoms with Crippen molar-refractivity contribution in [1.82, 2.24) is 0 Å². The van der Waals surface area contributed by atoms with E-state index in [0.717, 1.165) is 0 Å². The summed E-state index contributed by atoms with van der Waals surface area (Å²) in [4.78, 5) is 12.0. The van der Waals surface area contributed by atoms with Gasteiger partial charge < -0.3 is 14.3 Å². The first-order chi connectivity index (χ1) is 7.60. The maximum absolute atomic E-state index is 12.0. The van der Waals surface area contributed by atoms with Gasteiger partial charge in [-0.15, -0.1) is 0 Å². The van der Waals surface area contributed by atoms with Gasteiger partial charge in [0.15, 0.2) is 5.60 Å². The number of aromatic hydroxyl groups is 1. The number of furan rings is 1. The molecule has 2 aromatic rings. The van der Waals surface area contributed by atoms with Crippen LogP contribution in [0.1, 0.15) is 17.3 Å². The minimum Gasteiger partial charge on any atom is -0.508 e. The summed E-state index contributed by atoms with van der Waals surface area (Å²) in [5, 5.41) is 10.0. The largest absolute Gasteiger partial charge is 0.508 e. The summed E-state index contributed by atoms with van der Waals surface area (Å²) < 4.78 is 10.4. The molecule has 2 heterocycles. The number of carbonyl (C=O) groups is 1. The number of ether oxygens (including phenoxy) is 1. The number of ketones is 1. The number of phenols is 1. The summed E-state index contributed by atoms with van der Waals surface area (Å²) in [6.07, 6.45) is 1.42. The molecule has 3 rings (SSSR count). The number of rotatable bonds is 2. The zero-order valence-corrected chi connectivity index (χ0v) is 8.69. The SMILES string of the molecule is CC1(C(=O)c2coc3ccc(O)cc23)CO1. The Morgan fingerprint density at radius 2 is 2.25 bits per heavy atom. The van der Waals surface area contributed by atoms with Crippen molar-refractivity contribution >= 4 is 16.8 Å². The standard InChI is InChI=1S/C12H10O4/c1-12(6-16-12)11(14)9-5-15-10-3-2-7(13)4-8(9)10/h2-5,13H,6H2,1H3. The Bertz CT molecular complexity index is 578. The highest BCUT2D eigenvalue weighted by Gasteiger charge is 2.48. The number of hydrogen-bond donors (Lipinski definition) is 1. The lowest BCUT2D eigenvalue weighted by atomic mass is 9.99. The number of fused-ring (bicyclic) bond motifs is 1. The van der Waals surface area contributed by atoms with Crippen LogP contribution in [-0.4, -0.2) is 23.1 Å². The Labute approximate surface area is 91.4 Å². The zero-order chi connectivity index (χ0) is 11.3. The van der Waals surface area contributed by atoms with Crippen molar-refractivity contribution in [3.8, 4) is 5.75 Å². The Morgan fingerprint density at radius 3 is 2.94 bits per heavy atom. The molecule has 0 radical (unpaired) electrons. The molecule has 0 bridgehead atoms. The second-order valence-corrected chi connectivity index (χ2v) is 4.18. The van der Waals surface area contributed by atoms with Crippen LogP contribution >= 0.6 is 0 Å². The maximum Gasteiger partial charge on any atom is 0.200 e. The molecule has 1 atom stereocenters. The molecule has 0 spiro atoms. The number of epoxide rings is 1. The van der Waals surface area contributed by atoms with E-state index in [1.807, 2.05) is 0 Å². The summed E-state index contributed by atoms with van der Waals surface area (Å²) >= 11 is 0. The normalized spacial score (nSPS) is 23.6. The first kappa shape index (κ1) is 9.42. The molecule has 82 valence electrons. The Hall–Kier alpha value is -1.81. The molecule has 0 saturated carbocycles. The number of hydrogen-bond acceptors (Lipinski definition) is 4. The predicted molar refractivity (Wildman–Crippen MR) is 56.6 cm³/mol. The molecule has 0 amide bonds.